The first-order valence-electron chi connectivity index (χ1n) is 5.46. The Balaban J connectivity index is 2.34. The smallest absolute Gasteiger partial charge is 0.371 e. The Morgan fingerprint density at radius 2 is 2.19 bits per heavy atom. The minimum Gasteiger partial charge on any atom is -0.475 e. The minimum atomic E-state index is -1.02. The summed E-state index contributed by atoms with van der Waals surface area (Å²) in [5, 5.41) is 9.67. The summed E-state index contributed by atoms with van der Waals surface area (Å²) in [6.45, 7) is 2.15. The number of aromatic carboxylic acids is 1. The number of benzene rings is 1. The summed E-state index contributed by atoms with van der Waals surface area (Å²) in [5.74, 6) is -1.02. The fraction of sp³-hybridized carbons (Fsp3) is 0.308. The molecule has 3 heteroatoms. The van der Waals surface area contributed by atoms with Crippen molar-refractivity contribution < 1.29 is 14.3 Å². The van der Waals surface area contributed by atoms with Crippen LogP contribution in [-0.4, -0.2) is 11.1 Å². The molecule has 0 amide bonds. The fourth-order valence-corrected chi connectivity index (χ4v) is 1.73. The predicted octanol–water partition coefficient (Wildman–Crippen LogP) is 3.47. The molecule has 0 spiro atoms. The van der Waals surface area contributed by atoms with Crippen LogP contribution >= 0.6 is 0 Å². The van der Waals surface area contributed by atoms with Gasteiger partial charge in [0.1, 0.15) is 5.58 Å². The van der Waals surface area contributed by atoms with Gasteiger partial charge in [-0.1, -0.05) is 19.4 Å². The van der Waals surface area contributed by atoms with Gasteiger partial charge in [0.05, 0.1) is 0 Å². The SMILES string of the molecule is CCCCc1ccc2oc(C(=O)O)cc2c1. The van der Waals surface area contributed by atoms with E-state index in [1.807, 2.05) is 18.2 Å². The van der Waals surface area contributed by atoms with Crippen molar-refractivity contribution in [3.05, 3.63) is 35.6 Å². The van der Waals surface area contributed by atoms with E-state index in [0.29, 0.717) is 5.58 Å². The molecule has 1 aromatic heterocycles. The Kier molecular flexibility index (Phi) is 2.95. The van der Waals surface area contributed by atoms with Crippen LogP contribution in [0.5, 0.6) is 0 Å². The lowest BCUT2D eigenvalue weighted by atomic mass is 10.1. The maximum Gasteiger partial charge on any atom is 0.371 e. The minimum absolute atomic E-state index is 0.00245. The zero-order chi connectivity index (χ0) is 11.5. The molecule has 0 aliphatic rings. The van der Waals surface area contributed by atoms with E-state index < -0.39 is 5.97 Å². The van der Waals surface area contributed by atoms with E-state index in [1.54, 1.807) is 6.07 Å². The van der Waals surface area contributed by atoms with Gasteiger partial charge in [0.25, 0.3) is 0 Å². The van der Waals surface area contributed by atoms with E-state index in [2.05, 4.69) is 6.92 Å². The van der Waals surface area contributed by atoms with E-state index >= 15 is 0 Å². The summed E-state index contributed by atoms with van der Waals surface area (Å²) in [7, 11) is 0. The summed E-state index contributed by atoms with van der Waals surface area (Å²) >= 11 is 0. The maximum absolute atomic E-state index is 10.7. The van der Waals surface area contributed by atoms with Crippen LogP contribution in [0.3, 0.4) is 0 Å². The molecule has 1 aromatic carbocycles. The highest BCUT2D eigenvalue weighted by Gasteiger charge is 2.10. The first kappa shape index (κ1) is 10.7. The van der Waals surface area contributed by atoms with Gasteiger partial charge in [-0.25, -0.2) is 4.79 Å². The normalized spacial score (nSPS) is 10.8. The molecular formula is C13H14O3. The van der Waals surface area contributed by atoms with Crippen LogP contribution in [-0.2, 0) is 6.42 Å². The van der Waals surface area contributed by atoms with Crippen LogP contribution in [0, 0.1) is 0 Å². The number of aryl methyl sites for hydroxylation is 1. The van der Waals surface area contributed by atoms with Gasteiger partial charge in [-0.3, -0.25) is 0 Å². The molecule has 0 atom stereocenters. The van der Waals surface area contributed by atoms with E-state index in [1.165, 1.54) is 5.56 Å². The number of carbonyl (C=O) groups is 1. The standard InChI is InChI=1S/C13H14O3/c1-2-3-4-9-5-6-11-10(7-9)8-12(16-11)13(14)15/h5-8H,2-4H2,1H3,(H,14,15). The summed E-state index contributed by atoms with van der Waals surface area (Å²) in [6.07, 6.45) is 3.33. The zero-order valence-corrected chi connectivity index (χ0v) is 9.19. The van der Waals surface area contributed by atoms with Crippen molar-refractivity contribution >= 4 is 16.9 Å². The average Bonchev–Trinajstić information content (AvgIpc) is 2.69. The first-order chi connectivity index (χ1) is 7.70. The van der Waals surface area contributed by atoms with E-state index in [4.69, 9.17) is 9.52 Å². The summed E-state index contributed by atoms with van der Waals surface area (Å²) in [5.41, 5.74) is 1.87. The van der Waals surface area contributed by atoms with Crippen molar-refractivity contribution in [3.8, 4) is 0 Å². The number of unbranched alkanes of at least 4 members (excludes halogenated alkanes) is 1. The third-order valence-electron chi connectivity index (χ3n) is 2.61. The number of carboxylic acids is 1. The molecule has 2 rings (SSSR count). The largest absolute Gasteiger partial charge is 0.475 e. The maximum atomic E-state index is 10.7. The molecular weight excluding hydrogens is 204 g/mol. The topological polar surface area (TPSA) is 50.4 Å². The van der Waals surface area contributed by atoms with Gasteiger partial charge >= 0.3 is 5.97 Å². The van der Waals surface area contributed by atoms with Gasteiger partial charge in [-0.15, -0.1) is 0 Å². The Hall–Kier alpha value is -1.77. The molecule has 0 saturated heterocycles. The lowest BCUT2D eigenvalue weighted by Gasteiger charge is -1.98. The Morgan fingerprint density at radius 3 is 2.88 bits per heavy atom. The van der Waals surface area contributed by atoms with Gasteiger partial charge in [0.2, 0.25) is 5.76 Å². The molecule has 0 aliphatic heterocycles. The van der Waals surface area contributed by atoms with E-state index in [0.717, 1.165) is 24.6 Å². The number of fused-ring (bicyclic) bond motifs is 1. The number of rotatable bonds is 4. The first-order valence-corrected chi connectivity index (χ1v) is 5.46. The van der Waals surface area contributed by atoms with Gasteiger partial charge in [-0.05, 0) is 36.6 Å². The Labute approximate surface area is 93.7 Å². The molecule has 2 aromatic rings. The molecule has 0 aliphatic carbocycles. The van der Waals surface area contributed by atoms with Crippen LogP contribution < -0.4 is 0 Å². The molecule has 0 saturated carbocycles. The van der Waals surface area contributed by atoms with Crippen molar-refractivity contribution in [3.63, 3.8) is 0 Å². The molecule has 0 fully saturated rings. The second-order valence-electron chi connectivity index (χ2n) is 3.89. The van der Waals surface area contributed by atoms with Gasteiger partial charge in [-0.2, -0.15) is 0 Å². The number of furan rings is 1. The molecule has 3 nitrogen and oxygen atoms in total. The molecule has 0 bridgehead atoms. The van der Waals surface area contributed by atoms with Gasteiger partial charge < -0.3 is 9.52 Å². The van der Waals surface area contributed by atoms with E-state index in [-0.39, 0.29) is 5.76 Å². The van der Waals surface area contributed by atoms with Gasteiger partial charge in [0.15, 0.2) is 0 Å². The van der Waals surface area contributed by atoms with Crippen molar-refractivity contribution in [1.82, 2.24) is 0 Å². The quantitative estimate of drug-likeness (QED) is 0.854. The number of hydrogen-bond donors (Lipinski definition) is 1. The molecule has 1 N–H and O–H groups in total. The van der Waals surface area contributed by atoms with Gasteiger partial charge in [0, 0.05) is 5.39 Å². The highest BCUT2D eigenvalue weighted by Crippen LogP contribution is 2.21. The Morgan fingerprint density at radius 1 is 1.38 bits per heavy atom. The Bertz CT molecular complexity index is 511. The third kappa shape index (κ3) is 2.08. The molecule has 0 radical (unpaired) electrons. The fourth-order valence-electron chi connectivity index (χ4n) is 1.73. The lowest BCUT2D eigenvalue weighted by molar-refractivity contribution is 0.0665. The predicted molar refractivity (Wildman–Crippen MR) is 61.8 cm³/mol. The summed E-state index contributed by atoms with van der Waals surface area (Å²) in [6, 6.07) is 7.41. The monoisotopic (exact) mass is 218 g/mol. The van der Waals surface area contributed by atoms with Crippen LogP contribution in [0.2, 0.25) is 0 Å². The van der Waals surface area contributed by atoms with Crippen LogP contribution in [0.15, 0.2) is 28.7 Å². The number of carboxylic acid groups (broad SMARTS) is 1. The van der Waals surface area contributed by atoms with Crippen molar-refractivity contribution in [1.29, 1.82) is 0 Å². The summed E-state index contributed by atoms with van der Waals surface area (Å²) < 4.78 is 5.19. The molecule has 84 valence electrons. The van der Waals surface area contributed by atoms with Crippen LogP contribution in [0.4, 0.5) is 0 Å². The average molecular weight is 218 g/mol. The highest BCUT2D eigenvalue weighted by atomic mass is 16.4. The van der Waals surface area contributed by atoms with Crippen molar-refractivity contribution in [2.45, 2.75) is 26.2 Å². The van der Waals surface area contributed by atoms with Crippen molar-refractivity contribution in [2.24, 2.45) is 0 Å². The van der Waals surface area contributed by atoms with Crippen LogP contribution in [0.25, 0.3) is 11.0 Å². The molecule has 16 heavy (non-hydrogen) atoms. The third-order valence-corrected chi connectivity index (χ3v) is 2.61. The van der Waals surface area contributed by atoms with Crippen molar-refractivity contribution in [2.75, 3.05) is 0 Å². The van der Waals surface area contributed by atoms with E-state index in [9.17, 15) is 4.79 Å². The zero-order valence-electron chi connectivity index (χ0n) is 9.19. The summed E-state index contributed by atoms with van der Waals surface area (Å²) in [4.78, 5) is 10.7. The second kappa shape index (κ2) is 4.39. The second-order valence-corrected chi connectivity index (χ2v) is 3.89. The lowest BCUT2D eigenvalue weighted by Crippen LogP contribution is -1.91. The number of hydrogen-bond acceptors (Lipinski definition) is 2. The van der Waals surface area contributed by atoms with Crippen LogP contribution in [0.1, 0.15) is 35.9 Å². The highest BCUT2D eigenvalue weighted by molar-refractivity contribution is 5.91. The molecule has 1 heterocycles. The molecule has 0 unspecified atom stereocenters.